The summed E-state index contributed by atoms with van der Waals surface area (Å²) in [6.45, 7) is 4.84. The molecule has 1 unspecified atom stereocenters. The third kappa shape index (κ3) is 4.20. The average Bonchev–Trinajstić information content (AvgIpc) is 2.38. The number of carbonyl (C=O) groups excluding carboxylic acids is 1. The van der Waals surface area contributed by atoms with Gasteiger partial charge in [0.05, 0.1) is 5.41 Å². The van der Waals surface area contributed by atoms with Crippen LogP contribution in [-0.2, 0) is 9.59 Å². The van der Waals surface area contributed by atoms with Crippen molar-refractivity contribution in [3.05, 3.63) is 0 Å². The lowest BCUT2D eigenvalue weighted by atomic mass is 9.70. The van der Waals surface area contributed by atoms with Gasteiger partial charge in [-0.1, -0.05) is 13.8 Å². The molecule has 5 heteroatoms. The zero-order valence-electron chi connectivity index (χ0n) is 12.2. The SMILES string of the molecule is CNCC(C)C(=O)NCC1(C(=O)O)CCC(C)CC1. The lowest BCUT2D eigenvalue weighted by molar-refractivity contribution is -0.151. The molecule has 3 N–H and O–H groups in total. The lowest BCUT2D eigenvalue weighted by Crippen LogP contribution is -2.47. The van der Waals surface area contributed by atoms with Crippen molar-refractivity contribution in [3.63, 3.8) is 0 Å². The Balaban J connectivity index is 2.56. The van der Waals surface area contributed by atoms with E-state index in [0.717, 1.165) is 12.8 Å². The first-order chi connectivity index (χ1) is 8.91. The molecule has 1 fully saturated rings. The zero-order valence-corrected chi connectivity index (χ0v) is 12.2. The van der Waals surface area contributed by atoms with Crippen molar-refractivity contribution in [2.45, 2.75) is 39.5 Å². The summed E-state index contributed by atoms with van der Waals surface area (Å²) in [6, 6.07) is 0. The zero-order chi connectivity index (χ0) is 14.5. The van der Waals surface area contributed by atoms with Crippen LogP contribution in [0.1, 0.15) is 39.5 Å². The molecule has 0 heterocycles. The minimum absolute atomic E-state index is 0.0754. The van der Waals surface area contributed by atoms with Crippen molar-refractivity contribution >= 4 is 11.9 Å². The van der Waals surface area contributed by atoms with Crippen molar-refractivity contribution in [1.82, 2.24) is 10.6 Å². The summed E-state index contributed by atoms with van der Waals surface area (Å²) in [5, 5.41) is 15.2. The fraction of sp³-hybridized carbons (Fsp3) is 0.857. The highest BCUT2D eigenvalue weighted by Gasteiger charge is 2.41. The molecular formula is C14H26N2O3. The third-order valence-corrected chi connectivity index (χ3v) is 4.24. The van der Waals surface area contributed by atoms with E-state index in [9.17, 15) is 14.7 Å². The smallest absolute Gasteiger partial charge is 0.311 e. The van der Waals surface area contributed by atoms with Crippen molar-refractivity contribution in [3.8, 4) is 0 Å². The molecule has 0 aliphatic heterocycles. The Morgan fingerprint density at radius 2 is 1.95 bits per heavy atom. The number of aliphatic carboxylic acids is 1. The number of carboxylic acids is 1. The quantitative estimate of drug-likeness (QED) is 0.678. The highest BCUT2D eigenvalue weighted by atomic mass is 16.4. The minimum Gasteiger partial charge on any atom is -0.481 e. The number of rotatable bonds is 6. The predicted octanol–water partition coefficient (Wildman–Crippen LogP) is 1.24. The molecule has 1 aliphatic carbocycles. The van der Waals surface area contributed by atoms with Gasteiger partial charge in [0.2, 0.25) is 5.91 Å². The number of carbonyl (C=O) groups is 2. The Kier molecular flexibility index (Phi) is 5.79. The topological polar surface area (TPSA) is 78.4 Å². The Hall–Kier alpha value is -1.10. The Morgan fingerprint density at radius 3 is 2.42 bits per heavy atom. The molecule has 0 spiro atoms. The average molecular weight is 270 g/mol. The summed E-state index contributed by atoms with van der Waals surface area (Å²) in [7, 11) is 1.80. The number of nitrogens with one attached hydrogen (secondary N) is 2. The van der Waals surface area contributed by atoms with E-state index in [0.29, 0.717) is 25.3 Å². The van der Waals surface area contributed by atoms with Gasteiger partial charge in [-0.25, -0.2) is 0 Å². The maximum atomic E-state index is 11.9. The van der Waals surface area contributed by atoms with Gasteiger partial charge >= 0.3 is 5.97 Å². The Morgan fingerprint density at radius 1 is 1.37 bits per heavy atom. The largest absolute Gasteiger partial charge is 0.481 e. The third-order valence-electron chi connectivity index (χ3n) is 4.24. The number of hydrogen-bond acceptors (Lipinski definition) is 3. The van der Waals surface area contributed by atoms with Gasteiger partial charge in [-0.2, -0.15) is 0 Å². The fourth-order valence-corrected chi connectivity index (χ4v) is 2.61. The molecule has 19 heavy (non-hydrogen) atoms. The fourth-order valence-electron chi connectivity index (χ4n) is 2.61. The summed E-state index contributed by atoms with van der Waals surface area (Å²) in [6.07, 6.45) is 3.16. The van der Waals surface area contributed by atoms with E-state index in [1.807, 2.05) is 6.92 Å². The van der Waals surface area contributed by atoms with Gasteiger partial charge in [0.25, 0.3) is 0 Å². The van der Waals surface area contributed by atoms with Crippen molar-refractivity contribution in [1.29, 1.82) is 0 Å². The normalized spacial score (nSPS) is 28.7. The molecule has 5 nitrogen and oxygen atoms in total. The molecule has 0 bridgehead atoms. The highest BCUT2D eigenvalue weighted by Crippen LogP contribution is 2.38. The number of hydrogen-bond donors (Lipinski definition) is 3. The van der Waals surface area contributed by atoms with E-state index < -0.39 is 11.4 Å². The van der Waals surface area contributed by atoms with Crippen molar-refractivity contribution < 1.29 is 14.7 Å². The van der Waals surface area contributed by atoms with Crippen LogP contribution in [-0.4, -0.2) is 37.1 Å². The molecule has 0 aromatic heterocycles. The van der Waals surface area contributed by atoms with Gasteiger partial charge in [-0.3, -0.25) is 9.59 Å². The second-order valence-electron chi connectivity index (χ2n) is 5.94. The van der Waals surface area contributed by atoms with Gasteiger partial charge in [-0.05, 0) is 38.6 Å². The van der Waals surface area contributed by atoms with E-state index in [1.165, 1.54) is 0 Å². The molecule has 0 aromatic carbocycles. The second kappa shape index (κ2) is 6.89. The molecule has 0 saturated heterocycles. The molecule has 110 valence electrons. The van der Waals surface area contributed by atoms with Crippen LogP contribution in [0.25, 0.3) is 0 Å². The summed E-state index contributed by atoms with van der Waals surface area (Å²) >= 11 is 0. The predicted molar refractivity (Wildman–Crippen MR) is 73.8 cm³/mol. The first kappa shape index (κ1) is 16.0. The van der Waals surface area contributed by atoms with Gasteiger partial charge in [0.1, 0.15) is 0 Å². The van der Waals surface area contributed by atoms with Crippen molar-refractivity contribution in [2.24, 2.45) is 17.3 Å². The van der Waals surface area contributed by atoms with E-state index in [1.54, 1.807) is 7.05 Å². The van der Waals surface area contributed by atoms with Crippen LogP contribution < -0.4 is 10.6 Å². The standard InChI is InChI=1S/C14H26N2O3/c1-10-4-6-14(7-5-10,13(18)19)9-16-12(17)11(2)8-15-3/h10-11,15H,4-9H2,1-3H3,(H,16,17)(H,18,19). The second-order valence-corrected chi connectivity index (χ2v) is 5.94. The van der Waals surface area contributed by atoms with Crippen LogP contribution in [0, 0.1) is 17.3 Å². The monoisotopic (exact) mass is 270 g/mol. The van der Waals surface area contributed by atoms with Gasteiger partial charge < -0.3 is 15.7 Å². The van der Waals surface area contributed by atoms with Crippen LogP contribution in [0.3, 0.4) is 0 Å². The van der Waals surface area contributed by atoms with Crippen LogP contribution in [0.5, 0.6) is 0 Å². The first-order valence-corrected chi connectivity index (χ1v) is 7.07. The molecule has 1 rings (SSSR count). The first-order valence-electron chi connectivity index (χ1n) is 7.07. The summed E-state index contributed by atoms with van der Waals surface area (Å²) < 4.78 is 0. The summed E-state index contributed by atoms with van der Waals surface area (Å²) in [4.78, 5) is 23.4. The summed E-state index contributed by atoms with van der Waals surface area (Å²) in [5.74, 6) is -0.403. The number of amides is 1. The summed E-state index contributed by atoms with van der Waals surface area (Å²) in [5.41, 5.74) is -0.762. The molecule has 1 atom stereocenters. The molecular weight excluding hydrogens is 244 g/mol. The Bertz CT molecular complexity index is 323. The molecule has 1 amide bonds. The van der Waals surface area contributed by atoms with Crippen molar-refractivity contribution in [2.75, 3.05) is 20.1 Å². The van der Waals surface area contributed by atoms with Crippen LogP contribution >= 0.6 is 0 Å². The van der Waals surface area contributed by atoms with Gasteiger partial charge in [-0.15, -0.1) is 0 Å². The molecule has 0 radical (unpaired) electrons. The maximum Gasteiger partial charge on any atom is 0.311 e. The number of carboxylic acid groups (broad SMARTS) is 1. The molecule has 0 aromatic rings. The highest BCUT2D eigenvalue weighted by molar-refractivity contribution is 5.80. The van der Waals surface area contributed by atoms with Crippen LogP contribution in [0.15, 0.2) is 0 Å². The van der Waals surface area contributed by atoms with E-state index in [4.69, 9.17) is 0 Å². The maximum absolute atomic E-state index is 11.9. The van der Waals surface area contributed by atoms with Gasteiger partial charge in [0, 0.05) is 19.0 Å². The van der Waals surface area contributed by atoms with E-state index in [-0.39, 0.29) is 18.4 Å². The molecule has 1 aliphatic rings. The van der Waals surface area contributed by atoms with E-state index >= 15 is 0 Å². The lowest BCUT2D eigenvalue weighted by Gasteiger charge is -2.36. The minimum atomic E-state index is -0.777. The van der Waals surface area contributed by atoms with Crippen LogP contribution in [0.2, 0.25) is 0 Å². The van der Waals surface area contributed by atoms with Crippen LogP contribution in [0.4, 0.5) is 0 Å². The van der Waals surface area contributed by atoms with Gasteiger partial charge in [0.15, 0.2) is 0 Å². The Labute approximate surface area is 115 Å². The van der Waals surface area contributed by atoms with E-state index in [2.05, 4.69) is 17.6 Å². The molecule has 1 saturated carbocycles.